The van der Waals surface area contributed by atoms with E-state index >= 15 is 0 Å². The van der Waals surface area contributed by atoms with Crippen LogP contribution in [0.15, 0.2) is 54.6 Å². The third-order valence-corrected chi connectivity index (χ3v) is 4.12. The molecule has 0 bridgehead atoms. The summed E-state index contributed by atoms with van der Waals surface area (Å²) in [6.45, 7) is 0.810. The van der Waals surface area contributed by atoms with Gasteiger partial charge in [0.15, 0.2) is 17.6 Å². The van der Waals surface area contributed by atoms with Crippen LogP contribution < -0.4 is 15.2 Å². The van der Waals surface area contributed by atoms with Gasteiger partial charge >= 0.3 is 0 Å². The average Bonchev–Trinajstić information content (AvgIpc) is 3.05. The fraction of sp³-hybridized carbons (Fsp3) is 0.211. The van der Waals surface area contributed by atoms with E-state index in [0.717, 1.165) is 11.3 Å². The number of nitrogens with two attached hydrogens (primary N) is 1. The van der Waals surface area contributed by atoms with Crippen molar-refractivity contribution >= 4 is 5.91 Å². The van der Waals surface area contributed by atoms with Gasteiger partial charge in [-0.05, 0) is 17.7 Å². The lowest BCUT2D eigenvalue weighted by Gasteiger charge is -2.26. The number of carbonyl (C=O) groups excluding carboxylic acids is 1. The lowest BCUT2D eigenvalue weighted by molar-refractivity contribution is 0.0750. The number of hydrogen-bond donors (Lipinski definition) is 1. The van der Waals surface area contributed by atoms with Crippen molar-refractivity contribution in [2.45, 2.75) is 19.1 Å². The van der Waals surface area contributed by atoms with Crippen molar-refractivity contribution in [1.29, 1.82) is 0 Å². The number of benzene rings is 2. The monoisotopic (exact) mass is 350 g/mol. The first-order valence-corrected chi connectivity index (χ1v) is 8.35. The van der Waals surface area contributed by atoms with Gasteiger partial charge in [0.1, 0.15) is 12.4 Å². The van der Waals surface area contributed by atoms with Crippen LogP contribution in [-0.2, 0) is 13.0 Å². The molecule has 132 valence electrons. The topological polar surface area (TPSA) is 92.3 Å². The number of carbonyl (C=O) groups is 1. The molecule has 0 fully saturated rings. The highest BCUT2D eigenvalue weighted by atomic mass is 16.6. The van der Waals surface area contributed by atoms with E-state index in [2.05, 4.69) is 10.1 Å². The van der Waals surface area contributed by atoms with Gasteiger partial charge in [-0.15, -0.1) is 5.10 Å². The molecule has 0 spiro atoms. The molecule has 4 rings (SSSR count). The minimum absolute atomic E-state index is 0.00746. The van der Waals surface area contributed by atoms with Gasteiger partial charge in [0.25, 0.3) is 5.91 Å². The number of para-hydroxylation sites is 2. The Balaban J connectivity index is 1.56. The smallest absolute Gasteiger partial charge is 0.288 e. The fourth-order valence-corrected chi connectivity index (χ4v) is 2.88. The molecule has 2 heterocycles. The molecule has 0 aliphatic carbocycles. The maximum absolute atomic E-state index is 11.5. The largest absolute Gasteiger partial charge is 0.486 e. The number of primary amides is 1. The van der Waals surface area contributed by atoms with Crippen molar-refractivity contribution in [3.8, 4) is 11.5 Å². The number of rotatable bonds is 5. The molecule has 7 nitrogen and oxygen atoms in total. The highest BCUT2D eigenvalue weighted by Crippen LogP contribution is 2.31. The van der Waals surface area contributed by atoms with Gasteiger partial charge in [0.05, 0.1) is 6.54 Å². The van der Waals surface area contributed by atoms with Gasteiger partial charge in [-0.2, -0.15) is 0 Å². The van der Waals surface area contributed by atoms with E-state index in [9.17, 15) is 4.79 Å². The minimum atomic E-state index is -0.649. The zero-order valence-electron chi connectivity index (χ0n) is 14.0. The average molecular weight is 350 g/mol. The van der Waals surface area contributed by atoms with Crippen molar-refractivity contribution < 1.29 is 14.3 Å². The predicted octanol–water partition coefficient (Wildman–Crippen LogP) is 1.81. The summed E-state index contributed by atoms with van der Waals surface area (Å²) in [5, 5.41) is 4.25. The third kappa shape index (κ3) is 3.37. The molecule has 0 saturated carbocycles. The molecule has 1 aliphatic rings. The molecular weight excluding hydrogens is 332 g/mol. The van der Waals surface area contributed by atoms with Gasteiger partial charge in [0, 0.05) is 6.42 Å². The zero-order valence-corrected chi connectivity index (χ0v) is 14.0. The first kappa shape index (κ1) is 16.1. The quantitative estimate of drug-likeness (QED) is 0.757. The van der Waals surface area contributed by atoms with Gasteiger partial charge in [-0.1, -0.05) is 42.5 Å². The zero-order chi connectivity index (χ0) is 17.9. The normalized spacial score (nSPS) is 15.6. The van der Waals surface area contributed by atoms with E-state index in [1.54, 1.807) is 4.68 Å². The van der Waals surface area contributed by atoms with Crippen LogP contribution >= 0.6 is 0 Å². The van der Waals surface area contributed by atoms with Crippen molar-refractivity contribution in [2.75, 3.05) is 6.61 Å². The molecular formula is C19H18N4O3. The lowest BCUT2D eigenvalue weighted by Crippen LogP contribution is -2.34. The van der Waals surface area contributed by atoms with Gasteiger partial charge < -0.3 is 15.2 Å². The van der Waals surface area contributed by atoms with Crippen LogP contribution in [0.25, 0.3) is 0 Å². The number of aromatic nitrogens is 3. The van der Waals surface area contributed by atoms with Crippen LogP contribution in [0.5, 0.6) is 11.5 Å². The second-order valence-corrected chi connectivity index (χ2v) is 6.06. The molecule has 0 saturated heterocycles. The van der Waals surface area contributed by atoms with E-state index in [-0.39, 0.29) is 11.9 Å². The molecule has 0 radical (unpaired) electrons. The van der Waals surface area contributed by atoms with Crippen molar-refractivity contribution in [1.82, 2.24) is 14.8 Å². The number of hydrogen-bond acceptors (Lipinski definition) is 5. The summed E-state index contributed by atoms with van der Waals surface area (Å²) in [7, 11) is 0. The number of ether oxygens (including phenoxy) is 2. The molecule has 1 aliphatic heterocycles. The molecule has 1 unspecified atom stereocenters. The van der Waals surface area contributed by atoms with E-state index in [1.807, 2.05) is 54.6 Å². The maximum Gasteiger partial charge on any atom is 0.288 e. The molecule has 7 heteroatoms. The Bertz CT molecular complexity index is 924. The maximum atomic E-state index is 11.5. The Kier molecular flexibility index (Phi) is 4.27. The van der Waals surface area contributed by atoms with E-state index in [4.69, 9.17) is 15.2 Å². The summed E-state index contributed by atoms with van der Waals surface area (Å²) in [5.74, 6) is 1.44. The third-order valence-electron chi connectivity index (χ3n) is 4.12. The summed E-state index contributed by atoms with van der Waals surface area (Å²) in [4.78, 5) is 15.8. The van der Waals surface area contributed by atoms with Crippen LogP contribution in [0.2, 0.25) is 0 Å². The van der Waals surface area contributed by atoms with Gasteiger partial charge in [0.2, 0.25) is 5.82 Å². The molecule has 1 aromatic heterocycles. The van der Waals surface area contributed by atoms with Crippen LogP contribution in [0.3, 0.4) is 0 Å². The number of amides is 1. The van der Waals surface area contributed by atoms with Crippen LogP contribution in [0, 0.1) is 0 Å². The number of fused-ring (bicyclic) bond motifs is 1. The van der Waals surface area contributed by atoms with Crippen LogP contribution in [-0.4, -0.2) is 33.4 Å². The highest BCUT2D eigenvalue weighted by Gasteiger charge is 2.24. The molecule has 3 aromatic rings. The van der Waals surface area contributed by atoms with Crippen LogP contribution in [0.1, 0.15) is 22.0 Å². The van der Waals surface area contributed by atoms with Crippen LogP contribution in [0.4, 0.5) is 0 Å². The van der Waals surface area contributed by atoms with Gasteiger partial charge in [-0.25, -0.2) is 9.67 Å². The first-order valence-electron chi connectivity index (χ1n) is 8.35. The summed E-state index contributed by atoms with van der Waals surface area (Å²) >= 11 is 0. The standard InChI is InChI=1S/C19H18N4O3/c20-18(24)19-21-17(10-13-6-2-1-3-7-13)23(22-19)11-14-12-25-15-8-4-5-9-16(15)26-14/h1-9,14H,10-12H2,(H2,20,24). The summed E-state index contributed by atoms with van der Waals surface area (Å²) < 4.78 is 13.4. The Morgan fingerprint density at radius 2 is 1.85 bits per heavy atom. The Labute approximate surface area is 150 Å². The summed E-state index contributed by atoms with van der Waals surface area (Å²) in [6, 6.07) is 17.4. The SMILES string of the molecule is NC(=O)c1nc(Cc2ccccc2)n(CC2COc3ccccc3O2)n1. The van der Waals surface area contributed by atoms with Crippen molar-refractivity contribution in [3.05, 3.63) is 71.8 Å². The Morgan fingerprint density at radius 3 is 2.62 bits per heavy atom. The van der Waals surface area contributed by atoms with Crippen molar-refractivity contribution in [3.63, 3.8) is 0 Å². The highest BCUT2D eigenvalue weighted by molar-refractivity contribution is 5.88. The molecule has 26 heavy (non-hydrogen) atoms. The second-order valence-electron chi connectivity index (χ2n) is 6.06. The first-order chi connectivity index (χ1) is 12.7. The second kappa shape index (κ2) is 6.87. The van der Waals surface area contributed by atoms with E-state index in [0.29, 0.717) is 31.1 Å². The fourth-order valence-electron chi connectivity index (χ4n) is 2.88. The summed E-state index contributed by atoms with van der Waals surface area (Å²) in [6.07, 6.45) is 0.313. The molecule has 1 atom stereocenters. The molecule has 2 aromatic carbocycles. The Morgan fingerprint density at radius 1 is 1.12 bits per heavy atom. The molecule has 2 N–H and O–H groups in total. The predicted molar refractivity (Wildman–Crippen MR) is 94.1 cm³/mol. The van der Waals surface area contributed by atoms with Gasteiger partial charge in [-0.3, -0.25) is 4.79 Å². The van der Waals surface area contributed by atoms with E-state index < -0.39 is 5.91 Å². The lowest BCUT2D eigenvalue weighted by atomic mass is 10.1. The van der Waals surface area contributed by atoms with E-state index in [1.165, 1.54) is 0 Å². The summed E-state index contributed by atoms with van der Waals surface area (Å²) in [5.41, 5.74) is 6.43. The minimum Gasteiger partial charge on any atom is -0.486 e. The Hall–Kier alpha value is -3.35. The molecule has 1 amide bonds. The number of nitrogens with zero attached hydrogens (tertiary/aromatic N) is 3. The van der Waals surface area contributed by atoms with Crippen molar-refractivity contribution in [2.24, 2.45) is 5.73 Å².